The Morgan fingerprint density at radius 3 is 2.25 bits per heavy atom. The van der Waals surface area contributed by atoms with E-state index < -0.39 is 16.1 Å². The number of aromatic nitrogens is 1. The van der Waals surface area contributed by atoms with E-state index in [-0.39, 0.29) is 16.2 Å². The maximum absolute atomic E-state index is 13.2. The van der Waals surface area contributed by atoms with Crippen LogP contribution in [0.4, 0.5) is 10.5 Å². The number of benzene rings is 3. The van der Waals surface area contributed by atoms with E-state index >= 15 is 0 Å². The molecule has 0 atom stereocenters. The number of fused-ring (bicyclic) bond motifs is 1. The van der Waals surface area contributed by atoms with E-state index in [0.717, 1.165) is 11.1 Å². The number of hydrogen-bond donors (Lipinski definition) is 3. The number of rotatable bonds is 9. The minimum atomic E-state index is -3.84. The third kappa shape index (κ3) is 6.75. The van der Waals surface area contributed by atoms with Crippen LogP contribution in [-0.4, -0.2) is 58.7 Å². The van der Waals surface area contributed by atoms with Crippen LogP contribution in [-0.2, 0) is 15.4 Å². The number of H-pyrrole nitrogens is 1. The maximum atomic E-state index is 13.2. The second-order valence-corrected chi connectivity index (χ2v) is 12.5. The summed E-state index contributed by atoms with van der Waals surface area (Å²) in [4.78, 5) is 17.9. The van der Waals surface area contributed by atoms with E-state index in [0.29, 0.717) is 41.0 Å². The molecule has 4 aromatic rings. The van der Waals surface area contributed by atoms with Gasteiger partial charge in [0, 0.05) is 29.7 Å². The van der Waals surface area contributed by atoms with Gasteiger partial charge in [0.05, 0.1) is 17.6 Å². The predicted molar refractivity (Wildman–Crippen MR) is 159 cm³/mol. The monoisotopic (exact) mass is 564 g/mol. The molecule has 0 saturated carbocycles. The SMILES string of the molecule is COc1ccc(-c2c(OC(=O)NCCN(C)C)[nH]c3ccc(NS(=O)(=O)c4ccc(C(C)(C)C)cc4)cc23)cc1. The highest BCUT2D eigenvalue weighted by atomic mass is 32.2. The van der Waals surface area contributed by atoms with Crippen LogP contribution in [0.15, 0.2) is 71.6 Å². The molecular formula is C30H36N4O5S. The van der Waals surface area contributed by atoms with Gasteiger partial charge >= 0.3 is 6.09 Å². The second-order valence-electron chi connectivity index (χ2n) is 10.8. The smallest absolute Gasteiger partial charge is 0.413 e. The summed E-state index contributed by atoms with van der Waals surface area (Å²) in [6, 6.07) is 19.4. The van der Waals surface area contributed by atoms with Crippen LogP contribution >= 0.6 is 0 Å². The first-order valence-electron chi connectivity index (χ1n) is 12.9. The first-order chi connectivity index (χ1) is 18.9. The Hall–Kier alpha value is -4.02. The number of anilines is 1. The Morgan fingerprint density at radius 1 is 0.975 bits per heavy atom. The molecule has 0 aliphatic carbocycles. The first-order valence-corrected chi connectivity index (χ1v) is 14.4. The number of nitrogens with one attached hydrogen (secondary N) is 3. The van der Waals surface area contributed by atoms with Crippen molar-refractivity contribution in [2.45, 2.75) is 31.1 Å². The lowest BCUT2D eigenvalue weighted by Crippen LogP contribution is -2.33. The zero-order valence-corrected chi connectivity index (χ0v) is 24.5. The van der Waals surface area contributed by atoms with Crippen molar-refractivity contribution in [2.75, 3.05) is 39.0 Å². The second kappa shape index (κ2) is 11.6. The van der Waals surface area contributed by atoms with E-state index in [9.17, 15) is 13.2 Å². The lowest BCUT2D eigenvalue weighted by Gasteiger charge is -2.19. The van der Waals surface area contributed by atoms with Crippen molar-refractivity contribution in [1.82, 2.24) is 15.2 Å². The van der Waals surface area contributed by atoms with Gasteiger partial charge in [-0.1, -0.05) is 45.0 Å². The van der Waals surface area contributed by atoms with Gasteiger partial charge < -0.3 is 24.7 Å². The highest BCUT2D eigenvalue weighted by Gasteiger charge is 2.21. The van der Waals surface area contributed by atoms with E-state index in [4.69, 9.17) is 9.47 Å². The summed E-state index contributed by atoms with van der Waals surface area (Å²) in [6.45, 7) is 7.31. The number of sulfonamides is 1. The van der Waals surface area contributed by atoms with Gasteiger partial charge in [-0.3, -0.25) is 4.72 Å². The molecule has 40 heavy (non-hydrogen) atoms. The van der Waals surface area contributed by atoms with Gasteiger partial charge in [-0.15, -0.1) is 0 Å². The number of ether oxygens (including phenoxy) is 2. The Kier molecular flexibility index (Phi) is 8.41. The lowest BCUT2D eigenvalue weighted by molar-refractivity contribution is 0.198. The third-order valence-corrected chi connectivity index (χ3v) is 7.85. The molecule has 9 nitrogen and oxygen atoms in total. The van der Waals surface area contributed by atoms with Crippen LogP contribution in [0, 0.1) is 0 Å². The molecule has 1 amide bonds. The molecule has 10 heteroatoms. The van der Waals surface area contributed by atoms with Gasteiger partial charge in [-0.2, -0.15) is 0 Å². The highest BCUT2D eigenvalue weighted by molar-refractivity contribution is 7.92. The molecule has 4 rings (SSSR count). The number of amides is 1. The van der Waals surface area contributed by atoms with Crippen LogP contribution < -0.4 is 19.5 Å². The van der Waals surface area contributed by atoms with Crippen molar-refractivity contribution in [1.29, 1.82) is 0 Å². The predicted octanol–water partition coefficient (Wildman–Crippen LogP) is 5.59. The molecule has 0 aliphatic rings. The lowest BCUT2D eigenvalue weighted by atomic mass is 9.87. The van der Waals surface area contributed by atoms with Crippen LogP contribution in [0.1, 0.15) is 26.3 Å². The Bertz CT molecular complexity index is 1590. The van der Waals surface area contributed by atoms with Crippen LogP contribution in [0.3, 0.4) is 0 Å². The van der Waals surface area contributed by atoms with Crippen LogP contribution in [0.2, 0.25) is 0 Å². The average Bonchev–Trinajstić information content (AvgIpc) is 3.24. The summed E-state index contributed by atoms with van der Waals surface area (Å²) < 4.78 is 40.1. The van der Waals surface area contributed by atoms with Gasteiger partial charge in [0.2, 0.25) is 5.88 Å². The van der Waals surface area contributed by atoms with Crippen molar-refractivity contribution >= 4 is 32.7 Å². The molecule has 0 bridgehead atoms. The summed E-state index contributed by atoms with van der Waals surface area (Å²) in [5.41, 5.74) is 3.40. The zero-order valence-electron chi connectivity index (χ0n) is 23.7. The summed E-state index contributed by atoms with van der Waals surface area (Å²) in [6.07, 6.45) is -0.595. The van der Waals surface area contributed by atoms with Gasteiger partial charge in [0.25, 0.3) is 10.0 Å². The number of likely N-dealkylation sites (N-methyl/N-ethyl adjacent to an activating group) is 1. The fraction of sp³-hybridized carbons (Fsp3) is 0.300. The molecule has 0 spiro atoms. The van der Waals surface area contributed by atoms with Crippen LogP contribution in [0.25, 0.3) is 22.0 Å². The van der Waals surface area contributed by atoms with Gasteiger partial charge in [0.15, 0.2) is 0 Å². The Balaban J connectivity index is 1.69. The van der Waals surface area contributed by atoms with E-state index in [2.05, 4.69) is 35.8 Å². The van der Waals surface area contributed by atoms with Gasteiger partial charge in [-0.25, -0.2) is 13.2 Å². The van der Waals surface area contributed by atoms with Crippen molar-refractivity contribution in [3.8, 4) is 22.8 Å². The topological polar surface area (TPSA) is 113 Å². The van der Waals surface area contributed by atoms with E-state index in [1.807, 2.05) is 55.4 Å². The number of methoxy groups -OCH3 is 1. The highest BCUT2D eigenvalue weighted by Crippen LogP contribution is 2.39. The molecule has 0 radical (unpaired) electrons. The molecule has 3 N–H and O–H groups in total. The standard InChI is InChI=1S/C30H36N4O5S/c1-30(2,3)21-9-14-24(15-10-21)40(36,37)33-22-11-16-26-25(19-22)27(20-7-12-23(38-6)13-8-20)28(32-26)39-29(35)31-17-18-34(4)5/h7-16,19,32-33H,17-18H2,1-6H3,(H,31,35). The first kappa shape index (κ1) is 29.0. The molecule has 1 heterocycles. The van der Waals surface area contributed by atoms with E-state index in [1.165, 1.54) is 0 Å². The molecule has 212 valence electrons. The Labute approximate surface area is 235 Å². The van der Waals surface area contributed by atoms with Crippen molar-refractivity contribution in [3.63, 3.8) is 0 Å². The number of hydrogen-bond acceptors (Lipinski definition) is 6. The molecule has 0 aliphatic heterocycles. The summed E-state index contributed by atoms with van der Waals surface area (Å²) in [5.74, 6) is 0.929. The molecule has 1 aromatic heterocycles. The minimum Gasteiger partial charge on any atom is -0.497 e. The molecule has 0 saturated heterocycles. The average molecular weight is 565 g/mol. The van der Waals surface area contributed by atoms with Crippen molar-refractivity contribution in [3.05, 3.63) is 72.3 Å². The fourth-order valence-electron chi connectivity index (χ4n) is 4.21. The minimum absolute atomic E-state index is 0.0874. The molecule has 0 fully saturated rings. The number of carbonyl (C=O) groups is 1. The normalized spacial score (nSPS) is 12.0. The quantitative estimate of drug-likeness (QED) is 0.244. The van der Waals surface area contributed by atoms with E-state index in [1.54, 1.807) is 37.4 Å². The van der Waals surface area contributed by atoms with Crippen molar-refractivity contribution < 1.29 is 22.7 Å². The van der Waals surface area contributed by atoms with Crippen molar-refractivity contribution in [2.24, 2.45) is 0 Å². The summed E-state index contributed by atoms with van der Waals surface area (Å²) >= 11 is 0. The maximum Gasteiger partial charge on any atom is 0.413 e. The fourth-order valence-corrected chi connectivity index (χ4v) is 5.26. The molecule has 0 unspecified atom stereocenters. The molecular weight excluding hydrogens is 528 g/mol. The largest absolute Gasteiger partial charge is 0.497 e. The van der Waals surface area contributed by atoms with Gasteiger partial charge in [-0.05, 0) is 73.1 Å². The number of aromatic amines is 1. The zero-order chi connectivity index (χ0) is 29.1. The summed E-state index contributed by atoms with van der Waals surface area (Å²) in [5, 5.41) is 3.43. The van der Waals surface area contributed by atoms with Crippen LogP contribution in [0.5, 0.6) is 11.6 Å². The number of nitrogens with zero attached hydrogens (tertiary/aromatic N) is 1. The molecule has 3 aromatic carbocycles. The van der Waals surface area contributed by atoms with Gasteiger partial charge in [0.1, 0.15) is 5.75 Å². The summed E-state index contributed by atoms with van der Waals surface area (Å²) in [7, 11) is 1.58. The number of carbonyl (C=O) groups excluding carboxylic acids is 1. The Morgan fingerprint density at radius 2 is 1.65 bits per heavy atom. The third-order valence-electron chi connectivity index (χ3n) is 6.45.